The van der Waals surface area contributed by atoms with Crippen LogP contribution >= 0.6 is 0 Å². The smallest absolute Gasteiger partial charge is 0.242 e. The summed E-state index contributed by atoms with van der Waals surface area (Å²) in [7, 11) is -3.44. The molecule has 2 fully saturated rings. The number of nitrogens with one attached hydrogen (secondary N) is 2. The third kappa shape index (κ3) is 3.12. The molecule has 2 N–H and O–H groups in total. The summed E-state index contributed by atoms with van der Waals surface area (Å²) in [5, 5.41) is 3.06. The number of sulfonamides is 1. The zero-order chi connectivity index (χ0) is 14.2. The van der Waals surface area contributed by atoms with Crippen molar-refractivity contribution in [2.75, 3.05) is 11.9 Å². The summed E-state index contributed by atoms with van der Waals surface area (Å²) in [6, 6.07) is 3.46. The molecule has 6 heteroatoms. The van der Waals surface area contributed by atoms with Gasteiger partial charge in [-0.2, -0.15) is 0 Å². The van der Waals surface area contributed by atoms with Crippen molar-refractivity contribution in [3.05, 3.63) is 18.3 Å². The van der Waals surface area contributed by atoms with Crippen molar-refractivity contribution in [2.24, 2.45) is 11.8 Å². The Morgan fingerprint density at radius 1 is 1.25 bits per heavy atom. The maximum atomic E-state index is 12.4. The van der Waals surface area contributed by atoms with Gasteiger partial charge in [-0.25, -0.2) is 18.1 Å². The second-order valence-corrected chi connectivity index (χ2v) is 7.45. The Kier molecular flexibility index (Phi) is 3.69. The number of nitrogens with zero attached hydrogens (tertiary/aromatic N) is 1. The van der Waals surface area contributed by atoms with Crippen LogP contribution in [0.15, 0.2) is 23.2 Å². The van der Waals surface area contributed by atoms with Crippen molar-refractivity contribution >= 4 is 15.8 Å². The SMILES string of the molecule is CCNc1ccc(S(=O)(=O)NC(C2CC2)C2CC2)cn1. The molecule has 0 unspecified atom stereocenters. The van der Waals surface area contributed by atoms with Crippen LogP contribution in [0.5, 0.6) is 0 Å². The zero-order valence-corrected chi connectivity index (χ0v) is 12.5. The van der Waals surface area contributed by atoms with Gasteiger partial charge in [0.25, 0.3) is 0 Å². The van der Waals surface area contributed by atoms with E-state index in [-0.39, 0.29) is 10.9 Å². The van der Waals surface area contributed by atoms with E-state index in [4.69, 9.17) is 0 Å². The Hall–Kier alpha value is -1.14. The topological polar surface area (TPSA) is 71.1 Å². The Bertz CT molecular complexity index is 551. The van der Waals surface area contributed by atoms with E-state index in [0.29, 0.717) is 17.7 Å². The molecule has 0 bridgehead atoms. The summed E-state index contributed by atoms with van der Waals surface area (Å²) in [5.41, 5.74) is 0. The van der Waals surface area contributed by atoms with E-state index in [2.05, 4.69) is 15.0 Å². The first-order valence-electron chi connectivity index (χ1n) is 7.32. The highest BCUT2D eigenvalue weighted by molar-refractivity contribution is 7.89. The molecule has 0 atom stereocenters. The third-order valence-electron chi connectivity index (χ3n) is 3.96. The fourth-order valence-corrected chi connectivity index (χ4v) is 3.88. The van der Waals surface area contributed by atoms with Gasteiger partial charge >= 0.3 is 0 Å². The number of aromatic nitrogens is 1. The molecule has 5 nitrogen and oxygen atoms in total. The van der Waals surface area contributed by atoms with Gasteiger partial charge in [-0.1, -0.05) is 0 Å². The molecule has 1 heterocycles. The van der Waals surface area contributed by atoms with E-state index in [1.54, 1.807) is 12.1 Å². The first-order valence-corrected chi connectivity index (χ1v) is 8.80. The van der Waals surface area contributed by atoms with Crippen LogP contribution in [-0.2, 0) is 10.0 Å². The highest BCUT2D eigenvalue weighted by Gasteiger charge is 2.43. The summed E-state index contributed by atoms with van der Waals surface area (Å²) < 4.78 is 27.7. The molecular formula is C14H21N3O2S. The number of anilines is 1. The average Bonchev–Trinajstić information content (AvgIpc) is 3.29. The lowest BCUT2D eigenvalue weighted by molar-refractivity contribution is 0.471. The minimum atomic E-state index is -3.44. The molecule has 2 aliphatic carbocycles. The first kappa shape index (κ1) is 13.8. The molecule has 20 heavy (non-hydrogen) atoms. The number of hydrogen-bond acceptors (Lipinski definition) is 4. The van der Waals surface area contributed by atoms with Crippen molar-refractivity contribution in [3.63, 3.8) is 0 Å². The van der Waals surface area contributed by atoms with Gasteiger partial charge in [-0.3, -0.25) is 0 Å². The molecule has 0 radical (unpaired) electrons. The molecule has 2 saturated carbocycles. The van der Waals surface area contributed by atoms with Crippen LogP contribution in [0.4, 0.5) is 5.82 Å². The highest BCUT2D eigenvalue weighted by atomic mass is 32.2. The normalized spacial score (nSPS) is 19.3. The quantitative estimate of drug-likeness (QED) is 0.807. The van der Waals surface area contributed by atoms with Crippen LogP contribution in [0.2, 0.25) is 0 Å². The van der Waals surface area contributed by atoms with Crippen molar-refractivity contribution in [3.8, 4) is 0 Å². The molecular weight excluding hydrogens is 274 g/mol. The van der Waals surface area contributed by atoms with Gasteiger partial charge in [0.2, 0.25) is 10.0 Å². The fourth-order valence-electron chi connectivity index (χ4n) is 2.56. The maximum absolute atomic E-state index is 12.4. The summed E-state index contributed by atoms with van der Waals surface area (Å²) in [4.78, 5) is 4.39. The van der Waals surface area contributed by atoms with Crippen LogP contribution in [0.1, 0.15) is 32.6 Å². The van der Waals surface area contributed by atoms with E-state index in [1.807, 2.05) is 6.92 Å². The van der Waals surface area contributed by atoms with Gasteiger partial charge in [0.05, 0.1) is 0 Å². The first-order chi connectivity index (χ1) is 9.60. The lowest BCUT2D eigenvalue weighted by Gasteiger charge is -2.17. The van der Waals surface area contributed by atoms with Crippen molar-refractivity contribution in [1.82, 2.24) is 9.71 Å². The molecule has 0 saturated heterocycles. The highest BCUT2D eigenvalue weighted by Crippen LogP contribution is 2.45. The Balaban J connectivity index is 1.73. The lowest BCUT2D eigenvalue weighted by atomic mass is 10.1. The summed E-state index contributed by atoms with van der Waals surface area (Å²) in [5.74, 6) is 1.80. The number of rotatable bonds is 7. The van der Waals surface area contributed by atoms with Crippen LogP contribution < -0.4 is 10.0 Å². The molecule has 0 aliphatic heterocycles. The summed E-state index contributed by atoms with van der Waals surface area (Å²) >= 11 is 0. The van der Waals surface area contributed by atoms with E-state index in [0.717, 1.165) is 32.2 Å². The van der Waals surface area contributed by atoms with Crippen LogP contribution in [0.25, 0.3) is 0 Å². The second kappa shape index (κ2) is 5.33. The number of pyridine rings is 1. The average molecular weight is 295 g/mol. The van der Waals surface area contributed by atoms with Crippen molar-refractivity contribution in [1.29, 1.82) is 0 Å². The van der Waals surface area contributed by atoms with Gasteiger partial charge in [0.15, 0.2) is 0 Å². The van der Waals surface area contributed by atoms with Gasteiger partial charge in [0.1, 0.15) is 10.7 Å². The summed E-state index contributed by atoms with van der Waals surface area (Å²) in [6.07, 6.45) is 6.04. The molecule has 1 aromatic rings. The van der Waals surface area contributed by atoms with E-state index in [1.165, 1.54) is 6.20 Å². The molecule has 0 aromatic carbocycles. The molecule has 110 valence electrons. The predicted molar refractivity (Wildman–Crippen MR) is 78.0 cm³/mol. The largest absolute Gasteiger partial charge is 0.370 e. The zero-order valence-electron chi connectivity index (χ0n) is 11.7. The van der Waals surface area contributed by atoms with Gasteiger partial charge in [-0.05, 0) is 56.6 Å². The van der Waals surface area contributed by atoms with Gasteiger partial charge in [0, 0.05) is 18.8 Å². The van der Waals surface area contributed by atoms with Crippen molar-refractivity contribution < 1.29 is 8.42 Å². The van der Waals surface area contributed by atoms with Gasteiger partial charge in [-0.15, -0.1) is 0 Å². The molecule has 2 aliphatic rings. The van der Waals surface area contributed by atoms with E-state index >= 15 is 0 Å². The van der Waals surface area contributed by atoms with Crippen LogP contribution in [0, 0.1) is 11.8 Å². The number of hydrogen-bond donors (Lipinski definition) is 2. The fraction of sp³-hybridized carbons (Fsp3) is 0.643. The van der Waals surface area contributed by atoms with E-state index in [9.17, 15) is 8.42 Å². The third-order valence-corrected chi connectivity index (χ3v) is 5.40. The van der Waals surface area contributed by atoms with Crippen molar-refractivity contribution in [2.45, 2.75) is 43.5 Å². The van der Waals surface area contributed by atoms with E-state index < -0.39 is 10.0 Å². The lowest BCUT2D eigenvalue weighted by Crippen LogP contribution is -2.38. The molecule has 0 spiro atoms. The molecule has 1 aromatic heterocycles. The van der Waals surface area contributed by atoms with Gasteiger partial charge < -0.3 is 5.32 Å². The minimum Gasteiger partial charge on any atom is -0.370 e. The predicted octanol–water partition coefficient (Wildman–Crippen LogP) is 1.98. The minimum absolute atomic E-state index is 0.133. The molecule has 0 amide bonds. The standard InChI is InChI=1S/C14H21N3O2S/c1-2-15-13-8-7-12(9-16-13)20(18,19)17-14(10-3-4-10)11-5-6-11/h7-11,14,17H,2-6H2,1H3,(H,15,16). The Morgan fingerprint density at radius 3 is 2.35 bits per heavy atom. The second-order valence-electron chi connectivity index (χ2n) is 5.73. The van der Waals surface area contributed by atoms with Crippen LogP contribution in [0.3, 0.4) is 0 Å². The Morgan fingerprint density at radius 2 is 1.90 bits per heavy atom. The maximum Gasteiger partial charge on any atom is 0.242 e. The molecule has 3 rings (SSSR count). The monoisotopic (exact) mass is 295 g/mol. The summed E-state index contributed by atoms with van der Waals surface area (Å²) in [6.45, 7) is 2.74. The van der Waals surface area contributed by atoms with Crippen LogP contribution in [-0.4, -0.2) is 26.0 Å². The Labute approximate surface area is 120 Å².